The second-order valence-electron chi connectivity index (χ2n) is 6.47. The minimum atomic E-state index is -0.431. The summed E-state index contributed by atoms with van der Waals surface area (Å²) in [4.78, 5) is 38.3. The first kappa shape index (κ1) is 22.5. The Morgan fingerprint density at radius 3 is 2.30 bits per heavy atom. The summed E-state index contributed by atoms with van der Waals surface area (Å²) in [5, 5.41) is 7.97. The molecule has 30 heavy (non-hydrogen) atoms. The number of amides is 2. The third kappa shape index (κ3) is 5.92. The predicted octanol–water partition coefficient (Wildman–Crippen LogP) is 1.90. The molecule has 1 aromatic heterocycles. The van der Waals surface area contributed by atoms with Gasteiger partial charge in [-0.2, -0.15) is 0 Å². The van der Waals surface area contributed by atoms with Gasteiger partial charge in [0.25, 0.3) is 0 Å². The molecule has 0 unspecified atom stereocenters. The molecule has 0 aliphatic carbocycles. The van der Waals surface area contributed by atoms with Gasteiger partial charge in [0, 0.05) is 31.7 Å². The molecule has 1 aliphatic rings. The molecular weight excluding hydrogens is 449 g/mol. The molecule has 0 saturated carbocycles. The molecular formula is C18H20FN5O3S3. The molecule has 0 bridgehead atoms. The van der Waals surface area contributed by atoms with Crippen LogP contribution in [-0.4, -0.2) is 70.4 Å². The van der Waals surface area contributed by atoms with Gasteiger partial charge in [-0.05, 0) is 25.1 Å². The highest BCUT2D eigenvalue weighted by Gasteiger charge is 2.23. The first-order chi connectivity index (χ1) is 14.3. The highest BCUT2D eigenvalue weighted by molar-refractivity contribution is 8.03. The lowest BCUT2D eigenvalue weighted by molar-refractivity contribution is -0.128. The molecule has 1 fully saturated rings. The zero-order chi connectivity index (χ0) is 21.7. The summed E-state index contributed by atoms with van der Waals surface area (Å²) in [5.74, 6) is -0.680. The van der Waals surface area contributed by atoms with E-state index < -0.39 is 11.7 Å². The van der Waals surface area contributed by atoms with Gasteiger partial charge in [-0.1, -0.05) is 34.9 Å². The van der Waals surface area contributed by atoms with Gasteiger partial charge in [0.15, 0.2) is 14.5 Å². The summed E-state index contributed by atoms with van der Waals surface area (Å²) in [6, 6.07) is 4.49. The number of nitrogens with zero attached hydrogens (tertiary/aromatic N) is 4. The maximum absolute atomic E-state index is 14.3. The summed E-state index contributed by atoms with van der Waals surface area (Å²) in [6.07, 6.45) is 0. The Morgan fingerprint density at radius 2 is 1.73 bits per heavy atom. The number of anilines is 1. The van der Waals surface area contributed by atoms with Crippen LogP contribution in [0, 0.1) is 5.82 Å². The van der Waals surface area contributed by atoms with Crippen LogP contribution in [0.1, 0.15) is 17.3 Å². The Labute approximate surface area is 185 Å². The Bertz CT molecular complexity index is 947. The van der Waals surface area contributed by atoms with E-state index in [1.54, 1.807) is 17.0 Å². The summed E-state index contributed by atoms with van der Waals surface area (Å²) in [6.45, 7) is 3.41. The molecule has 2 aromatic rings. The Morgan fingerprint density at radius 1 is 1.10 bits per heavy atom. The van der Waals surface area contributed by atoms with Crippen molar-refractivity contribution in [2.45, 2.75) is 15.6 Å². The van der Waals surface area contributed by atoms with Crippen molar-refractivity contribution in [3.63, 3.8) is 0 Å². The van der Waals surface area contributed by atoms with Gasteiger partial charge in [-0.3, -0.25) is 14.4 Å². The molecule has 0 spiro atoms. The summed E-state index contributed by atoms with van der Waals surface area (Å²) in [7, 11) is 0. The number of carbonyl (C=O) groups excluding carboxylic acids is 3. The number of Topliss-reactive ketones (excluding diaryl/α,β-unsaturated/α-hetero) is 1. The summed E-state index contributed by atoms with van der Waals surface area (Å²) >= 11 is 3.84. The van der Waals surface area contributed by atoms with Crippen molar-refractivity contribution >= 4 is 58.1 Å². The van der Waals surface area contributed by atoms with E-state index in [0.717, 1.165) is 0 Å². The smallest absolute Gasteiger partial charge is 0.233 e. The van der Waals surface area contributed by atoms with E-state index in [9.17, 15) is 18.8 Å². The lowest BCUT2D eigenvalue weighted by Gasteiger charge is -2.36. The average molecular weight is 470 g/mol. The second kappa shape index (κ2) is 10.2. The molecule has 3 rings (SSSR count). The fourth-order valence-corrected chi connectivity index (χ4v) is 5.50. The van der Waals surface area contributed by atoms with E-state index >= 15 is 0 Å². The average Bonchev–Trinajstić information content (AvgIpc) is 3.18. The number of benzene rings is 1. The molecule has 1 aliphatic heterocycles. The Kier molecular flexibility index (Phi) is 7.67. The summed E-state index contributed by atoms with van der Waals surface area (Å²) < 4.78 is 15.6. The molecule has 1 saturated heterocycles. The van der Waals surface area contributed by atoms with E-state index in [-0.39, 0.29) is 23.2 Å². The molecule has 0 radical (unpaired) electrons. The number of carbonyl (C=O) groups is 3. The number of rotatable bonds is 8. The van der Waals surface area contributed by atoms with Crippen LogP contribution in [0.15, 0.2) is 26.9 Å². The number of aromatic nitrogens is 2. The predicted molar refractivity (Wildman–Crippen MR) is 116 cm³/mol. The van der Waals surface area contributed by atoms with E-state index in [0.29, 0.717) is 46.1 Å². The van der Waals surface area contributed by atoms with Crippen molar-refractivity contribution < 1.29 is 18.8 Å². The van der Waals surface area contributed by atoms with Crippen LogP contribution in [0.4, 0.5) is 10.1 Å². The van der Waals surface area contributed by atoms with Gasteiger partial charge in [-0.15, -0.1) is 10.2 Å². The molecule has 2 amide bonds. The lowest BCUT2D eigenvalue weighted by atomic mass is 10.1. The number of piperazine rings is 1. The van der Waals surface area contributed by atoms with Gasteiger partial charge in [-0.25, -0.2) is 4.39 Å². The SMILES string of the molecule is CC(=O)c1ccc(N2CCN(C(=O)CSc3nnc(SCC(N)=O)s3)CC2)c(F)c1. The molecule has 2 heterocycles. The molecule has 1 aromatic carbocycles. The maximum atomic E-state index is 14.3. The number of primary amides is 1. The number of ketones is 1. The molecule has 160 valence electrons. The van der Waals surface area contributed by atoms with Gasteiger partial charge >= 0.3 is 0 Å². The van der Waals surface area contributed by atoms with Gasteiger partial charge in [0.05, 0.1) is 17.2 Å². The van der Waals surface area contributed by atoms with Crippen LogP contribution in [0.2, 0.25) is 0 Å². The van der Waals surface area contributed by atoms with Crippen LogP contribution in [-0.2, 0) is 9.59 Å². The van der Waals surface area contributed by atoms with E-state index in [1.807, 2.05) is 4.90 Å². The zero-order valence-electron chi connectivity index (χ0n) is 16.2. The second-order valence-corrected chi connectivity index (χ2v) is 9.89. The third-order valence-electron chi connectivity index (χ3n) is 4.37. The van der Waals surface area contributed by atoms with Crippen LogP contribution in [0.25, 0.3) is 0 Å². The van der Waals surface area contributed by atoms with Gasteiger partial charge in [0.2, 0.25) is 11.8 Å². The fourth-order valence-electron chi connectivity index (χ4n) is 2.84. The fraction of sp³-hybridized carbons (Fsp3) is 0.389. The Hall–Kier alpha value is -2.18. The monoisotopic (exact) mass is 469 g/mol. The highest BCUT2D eigenvalue weighted by atomic mass is 32.2. The van der Waals surface area contributed by atoms with E-state index in [1.165, 1.54) is 47.9 Å². The van der Waals surface area contributed by atoms with Crippen molar-refractivity contribution in [2.75, 3.05) is 42.6 Å². The van der Waals surface area contributed by atoms with Crippen LogP contribution in [0.3, 0.4) is 0 Å². The topological polar surface area (TPSA) is 109 Å². The van der Waals surface area contributed by atoms with Crippen molar-refractivity contribution in [2.24, 2.45) is 5.73 Å². The van der Waals surface area contributed by atoms with Crippen LogP contribution < -0.4 is 10.6 Å². The third-order valence-corrected chi connectivity index (χ3v) is 7.57. The Balaban J connectivity index is 1.47. The molecule has 12 heteroatoms. The summed E-state index contributed by atoms with van der Waals surface area (Å²) in [5.41, 5.74) is 5.89. The molecule has 2 N–H and O–H groups in total. The number of halogens is 1. The maximum Gasteiger partial charge on any atom is 0.233 e. The largest absolute Gasteiger partial charge is 0.369 e. The minimum absolute atomic E-state index is 0.0198. The van der Waals surface area contributed by atoms with Crippen molar-refractivity contribution in [1.82, 2.24) is 15.1 Å². The highest BCUT2D eigenvalue weighted by Crippen LogP contribution is 2.29. The zero-order valence-corrected chi connectivity index (χ0v) is 18.6. The molecule has 0 atom stereocenters. The lowest BCUT2D eigenvalue weighted by Crippen LogP contribution is -2.49. The van der Waals surface area contributed by atoms with Crippen molar-refractivity contribution in [1.29, 1.82) is 0 Å². The van der Waals surface area contributed by atoms with Crippen molar-refractivity contribution in [3.8, 4) is 0 Å². The first-order valence-electron chi connectivity index (χ1n) is 9.04. The molecule has 8 nitrogen and oxygen atoms in total. The first-order valence-corrected chi connectivity index (χ1v) is 11.8. The van der Waals surface area contributed by atoms with Gasteiger partial charge < -0.3 is 15.5 Å². The normalized spacial score (nSPS) is 14.1. The van der Waals surface area contributed by atoms with Crippen LogP contribution in [0.5, 0.6) is 0 Å². The minimum Gasteiger partial charge on any atom is -0.369 e. The number of thioether (sulfide) groups is 2. The quantitative estimate of drug-likeness (QED) is 0.461. The number of hydrogen-bond acceptors (Lipinski definition) is 9. The number of hydrogen-bond donors (Lipinski definition) is 1. The van der Waals surface area contributed by atoms with Crippen LogP contribution >= 0.6 is 34.9 Å². The van der Waals surface area contributed by atoms with Gasteiger partial charge in [0.1, 0.15) is 5.82 Å². The number of nitrogens with two attached hydrogens (primary N) is 1. The van der Waals surface area contributed by atoms with Crippen molar-refractivity contribution in [3.05, 3.63) is 29.6 Å². The van der Waals surface area contributed by atoms with E-state index in [2.05, 4.69) is 10.2 Å². The van der Waals surface area contributed by atoms with E-state index in [4.69, 9.17) is 5.73 Å². The standard InChI is InChI=1S/C18H20FN5O3S3/c1-11(25)12-2-3-14(13(19)8-12)23-4-6-24(7-5-23)16(27)10-29-18-22-21-17(30-18)28-9-15(20)26/h2-3,8H,4-7,9-10H2,1H3,(H2,20,26).